The molecule has 0 radical (unpaired) electrons. The molecular formula is C24H27N3O4. The van der Waals surface area contributed by atoms with E-state index in [1.807, 2.05) is 6.92 Å². The summed E-state index contributed by atoms with van der Waals surface area (Å²) < 4.78 is 12.8. The van der Waals surface area contributed by atoms with E-state index in [0.717, 1.165) is 5.56 Å². The summed E-state index contributed by atoms with van der Waals surface area (Å²) in [5.74, 6) is 1.56. The fourth-order valence-corrected chi connectivity index (χ4v) is 3.06. The molecule has 162 valence electrons. The maximum atomic E-state index is 12.3. The highest BCUT2D eigenvalue weighted by atomic mass is 16.5. The minimum atomic E-state index is -0.104. The van der Waals surface area contributed by atoms with Crippen LogP contribution in [0.2, 0.25) is 0 Å². The molecule has 3 rings (SSSR count). The number of benzene rings is 2. The largest absolute Gasteiger partial charge is 0.493 e. The summed E-state index contributed by atoms with van der Waals surface area (Å²) in [6.45, 7) is 4.48. The molecule has 3 aromatic rings. The Labute approximate surface area is 182 Å². The predicted molar refractivity (Wildman–Crippen MR) is 119 cm³/mol. The lowest BCUT2D eigenvalue weighted by molar-refractivity contribution is -0.116. The van der Waals surface area contributed by atoms with E-state index in [2.05, 4.69) is 34.7 Å². The fourth-order valence-electron chi connectivity index (χ4n) is 3.06. The van der Waals surface area contributed by atoms with Crippen LogP contribution in [0.3, 0.4) is 0 Å². The van der Waals surface area contributed by atoms with Crippen molar-refractivity contribution in [2.24, 2.45) is 0 Å². The molecular weight excluding hydrogens is 394 g/mol. The van der Waals surface area contributed by atoms with E-state index in [0.29, 0.717) is 48.9 Å². The predicted octanol–water partition coefficient (Wildman–Crippen LogP) is 4.25. The van der Waals surface area contributed by atoms with Gasteiger partial charge in [0.15, 0.2) is 17.3 Å². The van der Waals surface area contributed by atoms with Crippen molar-refractivity contribution in [3.8, 4) is 11.5 Å². The second kappa shape index (κ2) is 10.4. The zero-order valence-electron chi connectivity index (χ0n) is 18.1. The third kappa shape index (κ3) is 6.18. The van der Waals surface area contributed by atoms with E-state index in [9.17, 15) is 9.59 Å². The number of rotatable bonds is 10. The zero-order valence-corrected chi connectivity index (χ0v) is 18.1. The Morgan fingerprint density at radius 3 is 2.55 bits per heavy atom. The van der Waals surface area contributed by atoms with Crippen LogP contribution in [-0.2, 0) is 11.3 Å². The third-order valence-electron chi connectivity index (χ3n) is 4.81. The highest BCUT2D eigenvalue weighted by Crippen LogP contribution is 2.28. The smallest absolute Gasteiger partial charge is 0.225 e. The number of carbonyl (C=O) groups excluding carboxylic acids is 2. The number of anilines is 1. The Balaban J connectivity index is 1.48. The molecule has 1 aromatic heterocycles. The van der Waals surface area contributed by atoms with Crippen LogP contribution in [0.5, 0.6) is 11.5 Å². The maximum absolute atomic E-state index is 12.3. The van der Waals surface area contributed by atoms with E-state index in [-0.39, 0.29) is 11.7 Å². The van der Waals surface area contributed by atoms with Gasteiger partial charge < -0.3 is 14.8 Å². The first kappa shape index (κ1) is 22.1. The molecule has 0 bridgehead atoms. The first-order valence-electron chi connectivity index (χ1n) is 10.1. The van der Waals surface area contributed by atoms with Crippen molar-refractivity contribution in [3.63, 3.8) is 0 Å². The molecule has 2 aromatic carbocycles. The molecule has 7 nitrogen and oxygen atoms in total. The first-order chi connectivity index (χ1) is 15.0. The molecule has 0 atom stereocenters. The molecule has 0 fully saturated rings. The summed E-state index contributed by atoms with van der Waals surface area (Å²) in [4.78, 5) is 23.8. The van der Waals surface area contributed by atoms with Crippen LogP contribution in [0.25, 0.3) is 0 Å². The summed E-state index contributed by atoms with van der Waals surface area (Å²) in [6.07, 6.45) is 2.52. The molecule has 1 heterocycles. The van der Waals surface area contributed by atoms with Crippen molar-refractivity contribution < 1.29 is 19.1 Å². The average molecular weight is 421 g/mol. The number of carbonyl (C=O) groups is 2. The number of ketones is 1. The SMILES string of the molecule is COc1cc(C(C)=O)ccc1OCCCC(=O)Nc1ccnn1Cc1ccc(C)cc1. The number of hydrogen-bond acceptors (Lipinski definition) is 5. The Morgan fingerprint density at radius 1 is 1.06 bits per heavy atom. The van der Waals surface area contributed by atoms with Gasteiger partial charge in [0.25, 0.3) is 0 Å². The minimum absolute atomic E-state index is 0.0388. The van der Waals surface area contributed by atoms with Crippen molar-refractivity contribution >= 4 is 17.5 Å². The van der Waals surface area contributed by atoms with Crippen molar-refractivity contribution in [1.29, 1.82) is 0 Å². The Bertz CT molecular complexity index is 1040. The van der Waals surface area contributed by atoms with E-state index in [1.165, 1.54) is 19.6 Å². The fraction of sp³-hybridized carbons (Fsp3) is 0.292. The Kier molecular flexibility index (Phi) is 7.43. The number of Topliss-reactive ketones (excluding diaryl/α,β-unsaturated/α-hetero) is 1. The molecule has 0 spiro atoms. The summed E-state index contributed by atoms with van der Waals surface area (Å²) in [7, 11) is 1.53. The first-order valence-corrected chi connectivity index (χ1v) is 10.1. The minimum Gasteiger partial charge on any atom is -0.493 e. The van der Waals surface area contributed by atoms with Crippen molar-refractivity contribution in [2.75, 3.05) is 19.0 Å². The summed E-state index contributed by atoms with van der Waals surface area (Å²) in [6, 6.07) is 15.1. The van der Waals surface area contributed by atoms with Gasteiger partial charge in [-0.2, -0.15) is 5.10 Å². The number of amides is 1. The Morgan fingerprint density at radius 2 is 1.84 bits per heavy atom. The van der Waals surface area contributed by atoms with Gasteiger partial charge in [-0.25, -0.2) is 4.68 Å². The van der Waals surface area contributed by atoms with Gasteiger partial charge in [-0.15, -0.1) is 0 Å². The van der Waals surface area contributed by atoms with Crippen molar-refractivity contribution in [2.45, 2.75) is 33.2 Å². The number of nitrogens with zero attached hydrogens (tertiary/aromatic N) is 2. The summed E-state index contributed by atoms with van der Waals surface area (Å²) in [5, 5.41) is 7.21. The van der Waals surface area contributed by atoms with Gasteiger partial charge in [0, 0.05) is 18.1 Å². The maximum Gasteiger partial charge on any atom is 0.225 e. The normalized spacial score (nSPS) is 10.5. The van der Waals surface area contributed by atoms with Crippen LogP contribution >= 0.6 is 0 Å². The van der Waals surface area contributed by atoms with Gasteiger partial charge in [0.1, 0.15) is 5.82 Å². The molecule has 1 N–H and O–H groups in total. The van der Waals surface area contributed by atoms with Gasteiger partial charge in [-0.1, -0.05) is 29.8 Å². The van der Waals surface area contributed by atoms with Gasteiger partial charge in [0.2, 0.25) is 5.91 Å². The highest BCUT2D eigenvalue weighted by molar-refractivity contribution is 5.94. The van der Waals surface area contributed by atoms with E-state index in [4.69, 9.17) is 9.47 Å². The second-order valence-corrected chi connectivity index (χ2v) is 7.28. The van der Waals surface area contributed by atoms with E-state index >= 15 is 0 Å². The highest BCUT2D eigenvalue weighted by Gasteiger charge is 2.10. The van der Waals surface area contributed by atoms with E-state index < -0.39 is 0 Å². The number of ether oxygens (including phenoxy) is 2. The molecule has 0 aliphatic heterocycles. The van der Waals surface area contributed by atoms with Crippen LogP contribution < -0.4 is 14.8 Å². The number of methoxy groups -OCH3 is 1. The standard InChI is InChI=1S/C24H27N3O4/c1-17-6-8-19(9-7-17)16-27-23(12-13-25-27)26-24(29)5-4-14-31-21-11-10-20(18(2)28)15-22(21)30-3/h6-13,15H,4-5,14,16H2,1-3H3,(H,26,29). The summed E-state index contributed by atoms with van der Waals surface area (Å²) in [5.41, 5.74) is 2.88. The quantitative estimate of drug-likeness (QED) is 0.391. The number of aromatic nitrogens is 2. The second-order valence-electron chi connectivity index (χ2n) is 7.28. The number of aryl methyl sites for hydroxylation is 1. The third-order valence-corrected chi connectivity index (χ3v) is 4.81. The molecule has 0 saturated carbocycles. The Hall–Kier alpha value is -3.61. The van der Waals surface area contributed by atoms with Crippen LogP contribution in [0.4, 0.5) is 5.82 Å². The van der Waals surface area contributed by atoms with Crippen LogP contribution in [0, 0.1) is 6.92 Å². The van der Waals surface area contributed by atoms with Gasteiger partial charge in [-0.3, -0.25) is 9.59 Å². The van der Waals surface area contributed by atoms with Crippen LogP contribution in [-0.4, -0.2) is 35.2 Å². The lowest BCUT2D eigenvalue weighted by atomic mass is 10.1. The van der Waals surface area contributed by atoms with Crippen molar-refractivity contribution in [1.82, 2.24) is 9.78 Å². The summed E-state index contributed by atoms with van der Waals surface area (Å²) >= 11 is 0. The molecule has 31 heavy (non-hydrogen) atoms. The molecule has 0 aliphatic rings. The van der Waals surface area contributed by atoms with Gasteiger partial charge in [-0.05, 0) is 44.0 Å². The van der Waals surface area contributed by atoms with Crippen LogP contribution in [0.1, 0.15) is 41.3 Å². The van der Waals surface area contributed by atoms with Gasteiger partial charge in [0.05, 0.1) is 26.5 Å². The van der Waals surface area contributed by atoms with E-state index in [1.54, 1.807) is 35.1 Å². The van der Waals surface area contributed by atoms with Crippen LogP contribution in [0.15, 0.2) is 54.7 Å². The average Bonchev–Trinajstić information content (AvgIpc) is 3.19. The van der Waals surface area contributed by atoms with Gasteiger partial charge >= 0.3 is 0 Å². The zero-order chi connectivity index (χ0) is 22.2. The lowest BCUT2D eigenvalue weighted by Gasteiger charge is -2.12. The monoisotopic (exact) mass is 421 g/mol. The lowest BCUT2D eigenvalue weighted by Crippen LogP contribution is -2.16. The topological polar surface area (TPSA) is 82.4 Å². The van der Waals surface area contributed by atoms with Crippen molar-refractivity contribution in [3.05, 3.63) is 71.4 Å². The molecule has 1 amide bonds. The molecule has 0 saturated heterocycles. The molecule has 0 aliphatic carbocycles. The number of nitrogens with one attached hydrogen (secondary N) is 1. The molecule has 7 heteroatoms. The number of hydrogen-bond donors (Lipinski definition) is 1. The molecule has 0 unspecified atom stereocenters.